The van der Waals surface area contributed by atoms with Crippen molar-refractivity contribution < 1.29 is 0 Å². The summed E-state index contributed by atoms with van der Waals surface area (Å²) in [6.45, 7) is 12.6. The molecule has 0 bridgehead atoms. The largest absolute Gasteiger partial charge is 0.330 e. The molecule has 2 rings (SSSR count). The first-order chi connectivity index (χ1) is 9.13. The molecule has 2 aliphatic carbocycles. The Labute approximate surface area is 127 Å². The predicted molar refractivity (Wildman–Crippen MR) is 89.6 cm³/mol. The van der Waals surface area contributed by atoms with Crippen LogP contribution in [0.5, 0.6) is 0 Å². The van der Waals surface area contributed by atoms with Crippen LogP contribution in [0.15, 0.2) is 0 Å². The van der Waals surface area contributed by atoms with E-state index in [9.17, 15) is 0 Å². The molecule has 2 fully saturated rings. The first-order valence-corrected chi connectivity index (χ1v) is 8.59. The summed E-state index contributed by atoms with van der Waals surface area (Å²) in [5.41, 5.74) is 12.5. The van der Waals surface area contributed by atoms with Gasteiger partial charge < -0.3 is 11.5 Å². The minimum atomic E-state index is 0.425. The lowest BCUT2D eigenvalue weighted by Gasteiger charge is -2.43. The molecule has 2 nitrogen and oxygen atoms in total. The highest BCUT2D eigenvalue weighted by Crippen LogP contribution is 2.44. The van der Waals surface area contributed by atoms with E-state index in [2.05, 4.69) is 34.6 Å². The van der Waals surface area contributed by atoms with Crippen LogP contribution < -0.4 is 11.5 Å². The van der Waals surface area contributed by atoms with E-state index in [1.807, 2.05) is 0 Å². The summed E-state index contributed by atoms with van der Waals surface area (Å²) in [5.74, 6) is 1.78. The summed E-state index contributed by atoms with van der Waals surface area (Å²) < 4.78 is 0. The van der Waals surface area contributed by atoms with Gasteiger partial charge in [-0.05, 0) is 61.3 Å². The zero-order chi connectivity index (χ0) is 15.4. The zero-order valence-corrected chi connectivity index (χ0v) is 14.5. The van der Waals surface area contributed by atoms with Gasteiger partial charge in [-0.15, -0.1) is 0 Å². The Bertz CT molecular complexity index is 267. The summed E-state index contributed by atoms with van der Waals surface area (Å²) >= 11 is 0. The van der Waals surface area contributed by atoms with E-state index in [-0.39, 0.29) is 0 Å². The summed E-state index contributed by atoms with van der Waals surface area (Å²) in [6.07, 6.45) is 9.28. The van der Waals surface area contributed by atoms with Crippen LogP contribution in [0, 0.1) is 22.7 Å². The second-order valence-corrected chi connectivity index (χ2v) is 9.05. The molecule has 2 atom stereocenters. The van der Waals surface area contributed by atoms with Crippen molar-refractivity contribution in [2.24, 2.45) is 34.1 Å². The third kappa shape index (κ3) is 6.58. The molecule has 0 aromatic heterocycles. The predicted octanol–water partition coefficient (Wildman–Crippen LogP) is 4.32. The van der Waals surface area contributed by atoms with E-state index in [1.165, 1.54) is 44.9 Å². The number of nitrogens with two attached hydrogens (primary N) is 2. The van der Waals surface area contributed by atoms with Crippen LogP contribution in [0.4, 0.5) is 0 Å². The summed E-state index contributed by atoms with van der Waals surface area (Å²) in [6, 6.07) is 0.425. The molecule has 0 heterocycles. The highest BCUT2D eigenvalue weighted by molar-refractivity contribution is 4.90. The van der Waals surface area contributed by atoms with Crippen LogP contribution >= 0.6 is 0 Å². The first-order valence-electron chi connectivity index (χ1n) is 8.59. The topological polar surface area (TPSA) is 52.0 Å². The lowest BCUT2D eigenvalue weighted by molar-refractivity contribution is 0.0989. The average Bonchev–Trinajstić information content (AvgIpc) is 2.24. The van der Waals surface area contributed by atoms with Gasteiger partial charge in [0.2, 0.25) is 0 Å². The molecule has 2 aliphatic rings. The van der Waals surface area contributed by atoms with Gasteiger partial charge in [0, 0.05) is 6.04 Å². The summed E-state index contributed by atoms with van der Waals surface area (Å²) in [4.78, 5) is 0. The molecular formula is C18H38N2. The van der Waals surface area contributed by atoms with Crippen LogP contribution in [-0.2, 0) is 0 Å². The maximum Gasteiger partial charge on any atom is 0.00489 e. The quantitative estimate of drug-likeness (QED) is 0.752. The molecule has 2 heteroatoms. The minimum Gasteiger partial charge on any atom is -0.330 e. The van der Waals surface area contributed by atoms with Crippen molar-refractivity contribution in [2.75, 3.05) is 6.54 Å². The van der Waals surface area contributed by atoms with E-state index in [0.29, 0.717) is 16.9 Å². The molecule has 20 heavy (non-hydrogen) atoms. The van der Waals surface area contributed by atoms with Crippen molar-refractivity contribution >= 4 is 0 Å². The van der Waals surface area contributed by atoms with E-state index >= 15 is 0 Å². The maximum absolute atomic E-state index is 5.99. The molecule has 0 radical (unpaired) electrons. The van der Waals surface area contributed by atoms with Gasteiger partial charge in [0.15, 0.2) is 0 Å². The SMILES string of the molecule is CC1(C)CC(N)CC(C)(C)C1.CC1CCCC(CN)C1. The molecule has 2 unspecified atom stereocenters. The monoisotopic (exact) mass is 282 g/mol. The van der Waals surface area contributed by atoms with Crippen LogP contribution in [0.25, 0.3) is 0 Å². The van der Waals surface area contributed by atoms with Gasteiger partial charge in [-0.3, -0.25) is 0 Å². The maximum atomic E-state index is 5.99. The van der Waals surface area contributed by atoms with Gasteiger partial charge in [0.25, 0.3) is 0 Å². The fourth-order valence-corrected chi connectivity index (χ4v) is 4.71. The molecule has 0 saturated heterocycles. The van der Waals surface area contributed by atoms with Crippen LogP contribution in [0.3, 0.4) is 0 Å². The summed E-state index contributed by atoms with van der Waals surface area (Å²) in [5, 5.41) is 0. The van der Waals surface area contributed by atoms with Crippen LogP contribution in [0.2, 0.25) is 0 Å². The zero-order valence-electron chi connectivity index (χ0n) is 14.5. The Balaban J connectivity index is 0.000000204. The van der Waals surface area contributed by atoms with Gasteiger partial charge in [-0.2, -0.15) is 0 Å². The van der Waals surface area contributed by atoms with Crippen molar-refractivity contribution in [2.45, 2.75) is 85.6 Å². The van der Waals surface area contributed by atoms with Crippen LogP contribution in [-0.4, -0.2) is 12.6 Å². The van der Waals surface area contributed by atoms with Crippen molar-refractivity contribution in [1.29, 1.82) is 0 Å². The van der Waals surface area contributed by atoms with E-state index < -0.39 is 0 Å². The van der Waals surface area contributed by atoms with Gasteiger partial charge in [0.1, 0.15) is 0 Å². The van der Waals surface area contributed by atoms with Crippen molar-refractivity contribution in [3.8, 4) is 0 Å². The molecule has 4 N–H and O–H groups in total. The second-order valence-electron chi connectivity index (χ2n) is 9.05. The Morgan fingerprint density at radius 3 is 1.90 bits per heavy atom. The normalized spacial score (nSPS) is 33.1. The number of rotatable bonds is 1. The highest BCUT2D eigenvalue weighted by atomic mass is 14.7. The molecule has 0 aromatic carbocycles. The smallest absolute Gasteiger partial charge is 0.00489 e. The number of hydrogen-bond acceptors (Lipinski definition) is 2. The van der Waals surface area contributed by atoms with Gasteiger partial charge in [0.05, 0.1) is 0 Å². The Morgan fingerprint density at radius 1 is 1.00 bits per heavy atom. The third-order valence-corrected chi connectivity index (χ3v) is 4.96. The lowest BCUT2D eigenvalue weighted by atomic mass is 9.64. The van der Waals surface area contributed by atoms with E-state index in [1.54, 1.807) is 0 Å². The molecule has 0 aliphatic heterocycles. The lowest BCUT2D eigenvalue weighted by Crippen LogP contribution is -2.40. The number of hydrogen-bond donors (Lipinski definition) is 2. The fraction of sp³-hybridized carbons (Fsp3) is 1.00. The van der Waals surface area contributed by atoms with Crippen molar-refractivity contribution in [3.63, 3.8) is 0 Å². The molecule has 2 saturated carbocycles. The molecular weight excluding hydrogens is 244 g/mol. The van der Waals surface area contributed by atoms with Gasteiger partial charge in [-0.25, -0.2) is 0 Å². The highest BCUT2D eigenvalue weighted by Gasteiger charge is 2.36. The van der Waals surface area contributed by atoms with Crippen LogP contribution in [0.1, 0.15) is 79.6 Å². The average molecular weight is 283 g/mol. The molecule has 120 valence electrons. The van der Waals surface area contributed by atoms with E-state index in [4.69, 9.17) is 11.5 Å². The van der Waals surface area contributed by atoms with Crippen molar-refractivity contribution in [1.82, 2.24) is 0 Å². The molecule has 0 aromatic rings. The third-order valence-electron chi connectivity index (χ3n) is 4.96. The first kappa shape index (κ1) is 18.0. The fourth-order valence-electron chi connectivity index (χ4n) is 4.71. The standard InChI is InChI=1S/C10H21N.C8H17N/c1-9(2)5-8(11)6-10(3,4)7-9;1-7-3-2-4-8(5-7)6-9/h8H,5-7,11H2,1-4H3;7-8H,2-6,9H2,1H3. The van der Waals surface area contributed by atoms with Crippen molar-refractivity contribution in [3.05, 3.63) is 0 Å². The molecule has 0 spiro atoms. The van der Waals surface area contributed by atoms with Gasteiger partial charge in [-0.1, -0.05) is 47.5 Å². The second kappa shape index (κ2) is 7.26. The summed E-state index contributed by atoms with van der Waals surface area (Å²) in [7, 11) is 0. The van der Waals surface area contributed by atoms with E-state index in [0.717, 1.165) is 18.4 Å². The Hall–Kier alpha value is -0.0800. The Morgan fingerprint density at radius 2 is 1.55 bits per heavy atom. The molecule has 0 amide bonds. The van der Waals surface area contributed by atoms with Gasteiger partial charge >= 0.3 is 0 Å². The Kier molecular flexibility index (Phi) is 6.53. The minimum absolute atomic E-state index is 0.425.